The van der Waals surface area contributed by atoms with Crippen LogP contribution in [0.4, 0.5) is 0 Å². The van der Waals surface area contributed by atoms with E-state index in [0.29, 0.717) is 28.9 Å². The number of oxazole rings is 1. The van der Waals surface area contributed by atoms with Crippen LogP contribution in [0.3, 0.4) is 0 Å². The van der Waals surface area contributed by atoms with Gasteiger partial charge >= 0.3 is 0 Å². The average molecular weight is 388 g/mol. The number of aromatic nitrogens is 1. The Labute approximate surface area is 163 Å². The molecule has 27 heavy (non-hydrogen) atoms. The lowest BCUT2D eigenvalue weighted by atomic mass is 10.2. The van der Waals surface area contributed by atoms with E-state index in [1.807, 2.05) is 43.3 Å². The number of hydrogen-bond donors (Lipinski definition) is 1. The lowest BCUT2D eigenvalue weighted by molar-refractivity contribution is -0.120. The molecule has 2 heterocycles. The summed E-state index contributed by atoms with van der Waals surface area (Å²) in [7, 11) is 3.89. The van der Waals surface area contributed by atoms with Crippen molar-refractivity contribution in [2.45, 2.75) is 19.4 Å². The van der Waals surface area contributed by atoms with E-state index < -0.39 is 0 Å². The topological polar surface area (TPSA) is 71.5 Å². The molecule has 0 radical (unpaired) electrons. The molecule has 142 valence electrons. The quantitative estimate of drug-likeness (QED) is 0.666. The fourth-order valence-corrected chi connectivity index (χ4v) is 2.97. The van der Waals surface area contributed by atoms with Gasteiger partial charge in [0.25, 0.3) is 0 Å². The zero-order chi connectivity index (χ0) is 19.4. The SMILES string of the molecule is Cc1oc(-c2cccc(Cl)c2)nc1CC(=O)NCC(c1ccco1)N(C)C. The summed E-state index contributed by atoms with van der Waals surface area (Å²) in [5.74, 6) is 1.76. The van der Waals surface area contributed by atoms with E-state index in [1.165, 1.54) is 0 Å². The van der Waals surface area contributed by atoms with Crippen LogP contribution in [0.2, 0.25) is 5.02 Å². The minimum absolute atomic E-state index is 0.0376. The Bertz CT molecular complexity index is 903. The number of benzene rings is 1. The van der Waals surface area contributed by atoms with Gasteiger partial charge in [0.15, 0.2) is 0 Å². The third kappa shape index (κ3) is 4.78. The van der Waals surface area contributed by atoms with E-state index in [-0.39, 0.29) is 18.4 Å². The predicted molar refractivity (Wildman–Crippen MR) is 104 cm³/mol. The molecule has 1 N–H and O–H groups in total. The second kappa shape index (κ2) is 8.41. The van der Waals surface area contributed by atoms with Gasteiger partial charge in [-0.05, 0) is 51.4 Å². The number of aryl methyl sites for hydroxylation is 1. The number of nitrogens with zero attached hydrogens (tertiary/aromatic N) is 2. The molecule has 6 nitrogen and oxygen atoms in total. The summed E-state index contributed by atoms with van der Waals surface area (Å²) in [6.07, 6.45) is 1.78. The van der Waals surface area contributed by atoms with E-state index >= 15 is 0 Å². The monoisotopic (exact) mass is 387 g/mol. The highest BCUT2D eigenvalue weighted by Crippen LogP contribution is 2.24. The molecule has 0 saturated carbocycles. The summed E-state index contributed by atoms with van der Waals surface area (Å²) in [5, 5.41) is 3.55. The Balaban J connectivity index is 1.64. The summed E-state index contributed by atoms with van der Waals surface area (Å²) in [4.78, 5) is 18.9. The van der Waals surface area contributed by atoms with Crippen molar-refractivity contribution in [1.29, 1.82) is 0 Å². The molecule has 0 aliphatic carbocycles. The zero-order valence-corrected chi connectivity index (χ0v) is 16.3. The highest BCUT2D eigenvalue weighted by atomic mass is 35.5. The average Bonchev–Trinajstić information content (AvgIpc) is 3.26. The van der Waals surface area contributed by atoms with Crippen LogP contribution in [0.1, 0.15) is 23.3 Å². The maximum atomic E-state index is 12.4. The molecule has 3 rings (SSSR count). The summed E-state index contributed by atoms with van der Waals surface area (Å²) >= 11 is 6.02. The lowest BCUT2D eigenvalue weighted by Crippen LogP contribution is -2.35. The normalized spacial score (nSPS) is 12.3. The molecule has 1 atom stereocenters. The number of nitrogens with one attached hydrogen (secondary N) is 1. The van der Waals surface area contributed by atoms with Gasteiger partial charge < -0.3 is 14.2 Å². The maximum absolute atomic E-state index is 12.4. The minimum Gasteiger partial charge on any atom is -0.468 e. The lowest BCUT2D eigenvalue weighted by Gasteiger charge is -2.22. The molecule has 2 aromatic heterocycles. The van der Waals surface area contributed by atoms with Gasteiger partial charge in [0.2, 0.25) is 11.8 Å². The molecule has 0 aliphatic heterocycles. The summed E-state index contributed by atoms with van der Waals surface area (Å²) < 4.78 is 11.2. The van der Waals surface area contributed by atoms with Crippen LogP contribution in [0.25, 0.3) is 11.5 Å². The van der Waals surface area contributed by atoms with Gasteiger partial charge in [-0.1, -0.05) is 17.7 Å². The van der Waals surface area contributed by atoms with Crippen LogP contribution < -0.4 is 5.32 Å². The fourth-order valence-electron chi connectivity index (χ4n) is 2.78. The second-order valence-corrected chi connectivity index (χ2v) is 6.94. The molecule has 0 fully saturated rings. The number of furan rings is 1. The van der Waals surface area contributed by atoms with Crippen LogP contribution in [0.15, 0.2) is 51.5 Å². The molecular formula is C20H22ClN3O3. The van der Waals surface area contributed by atoms with Gasteiger partial charge in [-0.2, -0.15) is 0 Å². The van der Waals surface area contributed by atoms with E-state index in [1.54, 1.807) is 25.3 Å². The van der Waals surface area contributed by atoms with E-state index in [4.69, 9.17) is 20.4 Å². The van der Waals surface area contributed by atoms with Crippen molar-refractivity contribution in [3.8, 4) is 11.5 Å². The number of carbonyl (C=O) groups is 1. The van der Waals surface area contributed by atoms with Crippen molar-refractivity contribution >= 4 is 17.5 Å². The first-order chi connectivity index (χ1) is 12.9. The predicted octanol–water partition coefficient (Wildman–Crippen LogP) is 3.86. The van der Waals surface area contributed by atoms with Gasteiger partial charge in [-0.15, -0.1) is 0 Å². The van der Waals surface area contributed by atoms with Crippen LogP contribution >= 0.6 is 11.6 Å². The number of hydrogen-bond acceptors (Lipinski definition) is 5. The van der Waals surface area contributed by atoms with E-state index in [2.05, 4.69) is 10.3 Å². The first kappa shape index (κ1) is 19.2. The molecule has 0 bridgehead atoms. The molecule has 1 unspecified atom stereocenters. The number of amides is 1. The van der Waals surface area contributed by atoms with Gasteiger partial charge in [-0.25, -0.2) is 4.98 Å². The van der Waals surface area contributed by atoms with E-state index in [9.17, 15) is 4.79 Å². The van der Waals surface area contributed by atoms with Gasteiger partial charge in [0, 0.05) is 17.1 Å². The van der Waals surface area contributed by atoms with Crippen LogP contribution in [0.5, 0.6) is 0 Å². The second-order valence-electron chi connectivity index (χ2n) is 6.51. The minimum atomic E-state index is -0.123. The molecule has 1 amide bonds. The number of carbonyl (C=O) groups excluding carboxylic acids is 1. The van der Waals surface area contributed by atoms with E-state index in [0.717, 1.165) is 11.3 Å². The molecule has 7 heteroatoms. The van der Waals surface area contributed by atoms with Crippen molar-refractivity contribution in [2.24, 2.45) is 0 Å². The molecule has 1 aromatic carbocycles. The smallest absolute Gasteiger partial charge is 0.226 e. The number of likely N-dealkylation sites (N-methyl/N-ethyl adjacent to an activating group) is 1. The maximum Gasteiger partial charge on any atom is 0.226 e. The van der Waals surface area contributed by atoms with Crippen molar-refractivity contribution in [1.82, 2.24) is 15.2 Å². The van der Waals surface area contributed by atoms with Crippen molar-refractivity contribution < 1.29 is 13.6 Å². The zero-order valence-electron chi connectivity index (χ0n) is 15.5. The Morgan fingerprint density at radius 3 is 2.78 bits per heavy atom. The number of halogens is 1. The van der Waals surface area contributed by atoms with Gasteiger partial charge in [-0.3, -0.25) is 9.69 Å². The molecular weight excluding hydrogens is 366 g/mol. The first-order valence-corrected chi connectivity index (χ1v) is 9.00. The summed E-state index contributed by atoms with van der Waals surface area (Å²) in [6.45, 7) is 2.24. The molecule has 3 aromatic rings. The Hall–Kier alpha value is -2.57. The Kier molecular flexibility index (Phi) is 5.98. The van der Waals surface area contributed by atoms with Crippen LogP contribution in [0, 0.1) is 6.92 Å². The first-order valence-electron chi connectivity index (χ1n) is 8.63. The van der Waals surface area contributed by atoms with Crippen molar-refractivity contribution in [3.63, 3.8) is 0 Å². The standard InChI is InChI=1S/C20H22ClN3O3/c1-13-16(23-20(27-13)14-6-4-7-15(21)10-14)11-19(25)22-12-17(24(2)3)18-8-5-9-26-18/h4-10,17H,11-12H2,1-3H3,(H,22,25). The largest absolute Gasteiger partial charge is 0.468 e. The molecule has 0 aliphatic rings. The fraction of sp³-hybridized carbons (Fsp3) is 0.300. The summed E-state index contributed by atoms with van der Waals surface area (Å²) in [5.41, 5.74) is 1.39. The Morgan fingerprint density at radius 2 is 2.11 bits per heavy atom. The Morgan fingerprint density at radius 1 is 1.30 bits per heavy atom. The van der Waals surface area contributed by atoms with Crippen LogP contribution in [-0.2, 0) is 11.2 Å². The highest BCUT2D eigenvalue weighted by Gasteiger charge is 2.19. The third-order valence-corrected chi connectivity index (χ3v) is 4.51. The number of rotatable bonds is 7. The molecule has 0 spiro atoms. The van der Waals surface area contributed by atoms with Crippen LogP contribution in [-0.4, -0.2) is 36.4 Å². The van der Waals surface area contributed by atoms with Gasteiger partial charge in [0.1, 0.15) is 11.5 Å². The molecule has 0 saturated heterocycles. The third-order valence-electron chi connectivity index (χ3n) is 4.28. The van der Waals surface area contributed by atoms with Crippen molar-refractivity contribution in [2.75, 3.05) is 20.6 Å². The highest BCUT2D eigenvalue weighted by molar-refractivity contribution is 6.30. The summed E-state index contributed by atoms with van der Waals surface area (Å²) in [6, 6.07) is 11.0. The van der Waals surface area contributed by atoms with Crippen molar-refractivity contribution in [3.05, 3.63) is 64.9 Å². The van der Waals surface area contributed by atoms with Gasteiger partial charge in [0.05, 0.1) is 24.4 Å².